The average molecular weight is 251 g/mol. The van der Waals surface area contributed by atoms with Crippen LogP contribution in [0.5, 0.6) is 0 Å². The van der Waals surface area contributed by atoms with Gasteiger partial charge in [0.1, 0.15) is 5.82 Å². The van der Waals surface area contributed by atoms with Gasteiger partial charge in [-0.05, 0) is 32.2 Å². The number of benzene rings is 1. The van der Waals surface area contributed by atoms with Crippen molar-refractivity contribution in [3.63, 3.8) is 0 Å². The molecule has 4 nitrogen and oxygen atoms in total. The highest BCUT2D eigenvalue weighted by atomic mass is 19.1. The van der Waals surface area contributed by atoms with Crippen molar-refractivity contribution in [1.82, 2.24) is 9.80 Å². The molecule has 0 saturated carbocycles. The first-order chi connectivity index (χ1) is 8.49. The molecule has 0 aliphatic carbocycles. The van der Waals surface area contributed by atoms with Crippen LogP contribution in [0, 0.1) is 5.82 Å². The van der Waals surface area contributed by atoms with Crippen LogP contribution in [0.4, 0.5) is 10.1 Å². The topological polar surface area (TPSA) is 49.6 Å². The Balaban J connectivity index is 2.19. The maximum atomic E-state index is 13.6. The first-order valence-corrected chi connectivity index (χ1v) is 6.03. The molecular formula is C13H18FN3O. The first-order valence-electron chi connectivity index (χ1n) is 6.03. The van der Waals surface area contributed by atoms with Crippen LogP contribution in [-0.2, 0) is 0 Å². The molecule has 0 aromatic heterocycles. The molecule has 1 amide bonds. The fraction of sp³-hybridized carbons (Fsp3) is 0.462. The molecule has 1 aliphatic heterocycles. The largest absolute Gasteiger partial charge is 0.399 e. The minimum Gasteiger partial charge on any atom is -0.399 e. The summed E-state index contributed by atoms with van der Waals surface area (Å²) in [6, 6.07) is 4.38. The third-order valence-corrected chi connectivity index (χ3v) is 3.47. The van der Waals surface area contributed by atoms with Gasteiger partial charge in [-0.15, -0.1) is 0 Å². The fourth-order valence-corrected chi connectivity index (χ4v) is 2.11. The number of anilines is 1. The number of carbonyl (C=O) groups is 1. The number of hydrogen-bond acceptors (Lipinski definition) is 3. The molecule has 1 aromatic carbocycles. The molecule has 1 atom stereocenters. The van der Waals surface area contributed by atoms with Gasteiger partial charge in [0.25, 0.3) is 5.91 Å². The van der Waals surface area contributed by atoms with Crippen molar-refractivity contribution in [2.45, 2.75) is 13.0 Å². The zero-order chi connectivity index (χ0) is 13.3. The van der Waals surface area contributed by atoms with E-state index < -0.39 is 5.82 Å². The lowest BCUT2D eigenvalue weighted by Crippen LogP contribution is -2.52. The molecule has 2 N–H and O–H groups in total. The Hall–Kier alpha value is -1.62. The van der Waals surface area contributed by atoms with Gasteiger partial charge in [-0.3, -0.25) is 4.79 Å². The predicted octanol–water partition coefficient (Wildman–Crippen LogP) is 1.18. The van der Waals surface area contributed by atoms with Gasteiger partial charge in [0.2, 0.25) is 0 Å². The number of likely N-dealkylation sites (N-methyl/N-ethyl adjacent to an activating group) is 1. The smallest absolute Gasteiger partial charge is 0.257 e. The molecule has 1 fully saturated rings. The summed E-state index contributed by atoms with van der Waals surface area (Å²) in [7, 11) is 2.02. The number of amides is 1. The summed E-state index contributed by atoms with van der Waals surface area (Å²) in [5.41, 5.74) is 6.06. The third-order valence-electron chi connectivity index (χ3n) is 3.47. The molecule has 98 valence electrons. The van der Waals surface area contributed by atoms with E-state index in [-0.39, 0.29) is 17.5 Å². The van der Waals surface area contributed by atoms with Crippen molar-refractivity contribution in [3.05, 3.63) is 29.6 Å². The van der Waals surface area contributed by atoms with E-state index in [1.807, 2.05) is 7.05 Å². The standard InChI is InChI=1S/C13H18FN3O/c1-9-8-17(6-5-16(9)2)13(18)11-7-10(15)3-4-12(11)14/h3-4,7,9H,5-6,8,15H2,1-2H3. The fourth-order valence-electron chi connectivity index (χ4n) is 2.11. The lowest BCUT2D eigenvalue weighted by atomic mass is 10.1. The van der Waals surface area contributed by atoms with Crippen molar-refractivity contribution in [2.75, 3.05) is 32.4 Å². The van der Waals surface area contributed by atoms with E-state index in [0.29, 0.717) is 18.8 Å². The number of rotatable bonds is 1. The number of nitrogen functional groups attached to an aromatic ring is 1. The van der Waals surface area contributed by atoms with E-state index >= 15 is 0 Å². The number of piperazine rings is 1. The van der Waals surface area contributed by atoms with Gasteiger partial charge < -0.3 is 15.5 Å². The van der Waals surface area contributed by atoms with Crippen LogP contribution in [0.1, 0.15) is 17.3 Å². The Morgan fingerprint density at radius 3 is 2.83 bits per heavy atom. The zero-order valence-corrected chi connectivity index (χ0v) is 10.7. The summed E-state index contributed by atoms with van der Waals surface area (Å²) >= 11 is 0. The minimum atomic E-state index is -0.513. The predicted molar refractivity (Wildman–Crippen MR) is 68.8 cm³/mol. The highest BCUT2D eigenvalue weighted by molar-refractivity contribution is 5.95. The van der Waals surface area contributed by atoms with Gasteiger partial charge in [0.15, 0.2) is 0 Å². The second-order valence-electron chi connectivity index (χ2n) is 4.82. The summed E-state index contributed by atoms with van der Waals surface area (Å²) < 4.78 is 13.6. The monoisotopic (exact) mass is 251 g/mol. The van der Waals surface area contributed by atoms with Crippen LogP contribution in [0.2, 0.25) is 0 Å². The molecular weight excluding hydrogens is 233 g/mol. The minimum absolute atomic E-state index is 0.0618. The summed E-state index contributed by atoms with van der Waals surface area (Å²) in [6.45, 7) is 4.09. The van der Waals surface area contributed by atoms with Crippen molar-refractivity contribution in [1.29, 1.82) is 0 Å². The Labute approximate surface area is 106 Å². The van der Waals surface area contributed by atoms with Crippen molar-refractivity contribution >= 4 is 11.6 Å². The van der Waals surface area contributed by atoms with Gasteiger partial charge in [-0.25, -0.2) is 4.39 Å². The number of carbonyl (C=O) groups excluding carboxylic acids is 1. The number of halogens is 1. The van der Waals surface area contributed by atoms with E-state index in [9.17, 15) is 9.18 Å². The summed E-state index contributed by atoms with van der Waals surface area (Å²) in [5.74, 6) is -0.791. The third kappa shape index (κ3) is 2.46. The molecule has 18 heavy (non-hydrogen) atoms. The van der Waals surface area contributed by atoms with Crippen LogP contribution in [0.25, 0.3) is 0 Å². The second-order valence-corrected chi connectivity index (χ2v) is 4.82. The number of hydrogen-bond donors (Lipinski definition) is 1. The summed E-state index contributed by atoms with van der Waals surface area (Å²) in [4.78, 5) is 16.1. The Morgan fingerprint density at radius 1 is 1.44 bits per heavy atom. The highest BCUT2D eigenvalue weighted by Gasteiger charge is 2.26. The van der Waals surface area contributed by atoms with Crippen LogP contribution >= 0.6 is 0 Å². The van der Waals surface area contributed by atoms with E-state index in [1.165, 1.54) is 18.2 Å². The maximum absolute atomic E-state index is 13.6. The van der Waals surface area contributed by atoms with Gasteiger partial charge in [-0.1, -0.05) is 0 Å². The molecule has 1 aliphatic rings. The SMILES string of the molecule is CC1CN(C(=O)c2cc(N)ccc2F)CCN1C. The van der Waals surface area contributed by atoms with Crippen molar-refractivity contribution < 1.29 is 9.18 Å². The maximum Gasteiger partial charge on any atom is 0.257 e. The van der Waals surface area contributed by atoms with Gasteiger partial charge in [0.05, 0.1) is 5.56 Å². The first kappa shape index (κ1) is 12.8. The normalized spacial score (nSPS) is 21.1. The van der Waals surface area contributed by atoms with Crippen LogP contribution in [0.3, 0.4) is 0 Å². The second kappa shape index (κ2) is 4.94. The molecule has 0 bridgehead atoms. The quantitative estimate of drug-likeness (QED) is 0.763. The number of nitrogens with zero attached hydrogens (tertiary/aromatic N) is 2. The van der Waals surface area contributed by atoms with E-state index in [1.54, 1.807) is 4.90 Å². The number of nitrogens with two attached hydrogens (primary N) is 1. The lowest BCUT2D eigenvalue weighted by Gasteiger charge is -2.37. The Morgan fingerprint density at radius 2 is 2.17 bits per heavy atom. The lowest BCUT2D eigenvalue weighted by molar-refractivity contribution is 0.0568. The van der Waals surface area contributed by atoms with Gasteiger partial charge >= 0.3 is 0 Å². The van der Waals surface area contributed by atoms with Crippen molar-refractivity contribution in [2.24, 2.45) is 0 Å². The average Bonchev–Trinajstić information content (AvgIpc) is 2.35. The molecule has 1 aromatic rings. The summed E-state index contributed by atoms with van der Waals surface area (Å²) in [5, 5.41) is 0. The van der Waals surface area contributed by atoms with Crippen LogP contribution in [0.15, 0.2) is 18.2 Å². The van der Waals surface area contributed by atoms with E-state index in [0.717, 1.165) is 6.54 Å². The highest BCUT2D eigenvalue weighted by Crippen LogP contribution is 2.17. The molecule has 0 spiro atoms. The van der Waals surface area contributed by atoms with Crippen LogP contribution < -0.4 is 5.73 Å². The van der Waals surface area contributed by atoms with Gasteiger partial charge in [-0.2, -0.15) is 0 Å². The molecule has 1 saturated heterocycles. The molecule has 1 heterocycles. The Kier molecular flexibility index (Phi) is 3.52. The van der Waals surface area contributed by atoms with Crippen molar-refractivity contribution in [3.8, 4) is 0 Å². The molecule has 1 unspecified atom stereocenters. The molecule has 5 heteroatoms. The zero-order valence-electron chi connectivity index (χ0n) is 10.7. The Bertz CT molecular complexity index is 464. The van der Waals surface area contributed by atoms with Gasteiger partial charge in [0, 0.05) is 31.4 Å². The van der Waals surface area contributed by atoms with E-state index in [2.05, 4.69) is 11.8 Å². The summed E-state index contributed by atoms with van der Waals surface area (Å²) in [6.07, 6.45) is 0. The van der Waals surface area contributed by atoms with E-state index in [4.69, 9.17) is 5.73 Å². The molecule has 2 rings (SSSR count). The molecule has 0 radical (unpaired) electrons. The van der Waals surface area contributed by atoms with Crippen LogP contribution in [-0.4, -0.2) is 48.4 Å².